The molecule has 5 heteroatoms. The Morgan fingerprint density at radius 2 is 1.94 bits per heavy atom. The second-order valence-electron chi connectivity index (χ2n) is 4.26. The van der Waals surface area contributed by atoms with Crippen LogP contribution in [0.15, 0.2) is 30.3 Å². The molecule has 2 N–H and O–H groups in total. The van der Waals surface area contributed by atoms with Crippen molar-refractivity contribution in [1.29, 1.82) is 0 Å². The maximum atomic E-state index is 11.3. The number of benzene rings is 1. The molecular formula is C13H21NO3S. The van der Waals surface area contributed by atoms with E-state index in [-0.39, 0.29) is 24.2 Å². The van der Waals surface area contributed by atoms with Crippen LogP contribution in [0.3, 0.4) is 0 Å². The normalized spacial score (nSPS) is 13.4. The highest BCUT2D eigenvalue weighted by molar-refractivity contribution is 7.91. The average molecular weight is 271 g/mol. The van der Waals surface area contributed by atoms with Crippen molar-refractivity contribution in [2.75, 3.05) is 24.7 Å². The third kappa shape index (κ3) is 5.62. The molecule has 0 saturated heterocycles. The highest BCUT2D eigenvalue weighted by atomic mass is 32.2. The van der Waals surface area contributed by atoms with E-state index in [4.69, 9.17) is 0 Å². The predicted octanol–water partition coefficient (Wildman–Crippen LogP) is 0.614. The first-order valence-corrected chi connectivity index (χ1v) is 7.98. The lowest BCUT2D eigenvalue weighted by Gasteiger charge is -2.16. The second kappa shape index (κ2) is 7.51. The van der Waals surface area contributed by atoms with Crippen molar-refractivity contribution in [2.45, 2.75) is 19.4 Å². The first-order chi connectivity index (χ1) is 8.57. The maximum Gasteiger partial charge on any atom is 0.151 e. The third-order valence-electron chi connectivity index (χ3n) is 2.83. The molecule has 1 unspecified atom stereocenters. The van der Waals surface area contributed by atoms with E-state index >= 15 is 0 Å². The highest BCUT2D eigenvalue weighted by Gasteiger charge is 2.11. The van der Waals surface area contributed by atoms with E-state index in [1.807, 2.05) is 30.3 Å². The third-order valence-corrected chi connectivity index (χ3v) is 4.54. The summed E-state index contributed by atoms with van der Waals surface area (Å²) in [5, 5.41) is 12.3. The fraction of sp³-hybridized carbons (Fsp3) is 0.538. The largest absolute Gasteiger partial charge is 0.395 e. The van der Waals surface area contributed by atoms with Gasteiger partial charge in [-0.25, -0.2) is 8.42 Å². The van der Waals surface area contributed by atoms with Crippen LogP contribution in [0.25, 0.3) is 0 Å². The summed E-state index contributed by atoms with van der Waals surface area (Å²) in [6.07, 6.45) is 0.698. The molecule has 4 nitrogen and oxygen atoms in total. The molecule has 102 valence electrons. The Labute approximate surface area is 109 Å². The first kappa shape index (κ1) is 15.1. The standard InChI is InChI=1S/C13H21NO3S/c1-2-18(16,17)9-8-14-13(11-15)10-12-6-4-3-5-7-12/h3-7,13-15H,2,8-11H2,1H3. The molecule has 0 saturated carbocycles. The number of sulfone groups is 1. The van der Waals surface area contributed by atoms with Crippen LogP contribution in [0.5, 0.6) is 0 Å². The van der Waals surface area contributed by atoms with Gasteiger partial charge in [-0.1, -0.05) is 37.3 Å². The summed E-state index contributed by atoms with van der Waals surface area (Å²) in [6.45, 7) is 2.03. The molecule has 0 spiro atoms. The van der Waals surface area contributed by atoms with Crippen LogP contribution in [-0.2, 0) is 16.3 Å². The van der Waals surface area contributed by atoms with Crippen molar-refractivity contribution in [3.63, 3.8) is 0 Å². The second-order valence-corrected chi connectivity index (χ2v) is 6.73. The molecule has 0 amide bonds. The fourth-order valence-corrected chi connectivity index (χ4v) is 2.38. The molecule has 0 bridgehead atoms. The van der Waals surface area contributed by atoms with Gasteiger partial charge in [0.05, 0.1) is 12.4 Å². The molecule has 0 aliphatic carbocycles. The van der Waals surface area contributed by atoms with Gasteiger partial charge >= 0.3 is 0 Å². The maximum absolute atomic E-state index is 11.3. The van der Waals surface area contributed by atoms with Crippen LogP contribution < -0.4 is 5.32 Å². The zero-order valence-corrected chi connectivity index (χ0v) is 11.5. The number of aliphatic hydroxyl groups excluding tert-OH is 1. The summed E-state index contributed by atoms with van der Waals surface area (Å²) in [7, 11) is -2.94. The van der Waals surface area contributed by atoms with Crippen molar-refractivity contribution < 1.29 is 13.5 Å². The van der Waals surface area contributed by atoms with Crippen molar-refractivity contribution in [2.24, 2.45) is 0 Å². The molecule has 0 aliphatic rings. The molecule has 1 aromatic carbocycles. The lowest BCUT2D eigenvalue weighted by atomic mass is 10.1. The summed E-state index contributed by atoms with van der Waals surface area (Å²) >= 11 is 0. The molecule has 1 rings (SSSR count). The molecule has 0 fully saturated rings. The van der Waals surface area contributed by atoms with Crippen molar-refractivity contribution >= 4 is 9.84 Å². The Morgan fingerprint density at radius 3 is 2.50 bits per heavy atom. The Morgan fingerprint density at radius 1 is 1.28 bits per heavy atom. The number of hydrogen-bond acceptors (Lipinski definition) is 4. The van der Waals surface area contributed by atoms with Gasteiger partial charge in [-0.2, -0.15) is 0 Å². The van der Waals surface area contributed by atoms with Crippen molar-refractivity contribution in [3.8, 4) is 0 Å². The number of aliphatic hydroxyl groups is 1. The highest BCUT2D eigenvalue weighted by Crippen LogP contribution is 2.02. The van der Waals surface area contributed by atoms with Gasteiger partial charge in [0, 0.05) is 18.3 Å². The Hall–Kier alpha value is -0.910. The molecule has 0 radical (unpaired) electrons. The Balaban J connectivity index is 2.39. The summed E-state index contributed by atoms with van der Waals surface area (Å²) in [6, 6.07) is 9.73. The smallest absolute Gasteiger partial charge is 0.151 e. The van der Waals surface area contributed by atoms with Crippen molar-refractivity contribution in [3.05, 3.63) is 35.9 Å². The lowest BCUT2D eigenvalue weighted by Crippen LogP contribution is -2.37. The lowest BCUT2D eigenvalue weighted by molar-refractivity contribution is 0.243. The van der Waals surface area contributed by atoms with Gasteiger partial charge in [-0.15, -0.1) is 0 Å². The molecular weight excluding hydrogens is 250 g/mol. The zero-order valence-electron chi connectivity index (χ0n) is 10.7. The van der Waals surface area contributed by atoms with E-state index in [1.165, 1.54) is 0 Å². The Kier molecular flexibility index (Phi) is 6.32. The van der Waals surface area contributed by atoms with Crippen LogP contribution in [0.2, 0.25) is 0 Å². The average Bonchev–Trinajstić information content (AvgIpc) is 2.38. The summed E-state index contributed by atoms with van der Waals surface area (Å²) in [5.41, 5.74) is 1.13. The van der Waals surface area contributed by atoms with Gasteiger partial charge in [-0.3, -0.25) is 0 Å². The molecule has 18 heavy (non-hydrogen) atoms. The summed E-state index contributed by atoms with van der Waals surface area (Å²) in [4.78, 5) is 0. The molecule has 1 atom stereocenters. The molecule has 1 aromatic rings. The number of rotatable bonds is 8. The first-order valence-electron chi connectivity index (χ1n) is 6.16. The van der Waals surface area contributed by atoms with E-state index < -0.39 is 9.84 Å². The zero-order chi connectivity index (χ0) is 13.4. The topological polar surface area (TPSA) is 66.4 Å². The van der Waals surface area contributed by atoms with Crippen LogP contribution in [0.1, 0.15) is 12.5 Å². The van der Waals surface area contributed by atoms with Crippen LogP contribution >= 0.6 is 0 Å². The minimum Gasteiger partial charge on any atom is -0.395 e. The number of nitrogens with one attached hydrogen (secondary N) is 1. The Bertz CT molecular complexity index is 431. The van der Waals surface area contributed by atoms with E-state index in [9.17, 15) is 13.5 Å². The minimum absolute atomic E-state index is 0.00106. The molecule has 0 aliphatic heterocycles. The van der Waals surface area contributed by atoms with Crippen LogP contribution in [-0.4, -0.2) is 44.2 Å². The summed E-state index contributed by atoms with van der Waals surface area (Å²) in [5.74, 6) is 0.284. The van der Waals surface area contributed by atoms with E-state index in [2.05, 4.69) is 5.32 Å². The predicted molar refractivity (Wildman–Crippen MR) is 73.4 cm³/mol. The summed E-state index contributed by atoms with van der Waals surface area (Å²) < 4.78 is 22.6. The van der Waals surface area contributed by atoms with Crippen molar-refractivity contribution in [1.82, 2.24) is 5.32 Å². The number of hydrogen-bond donors (Lipinski definition) is 2. The van der Waals surface area contributed by atoms with Gasteiger partial charge in [0.25, 0.3) is 0 Å². The van der Waals surface area contributed by atoms with Gasteiger partial charge in [0.15, 0.2) is 9.84 Å². The monoisotopic (exact) mass is 271 g/mol. The van der Waals surface area contributed by atoms with E-state index in [0.717, 1.165) is 5.56 Å². The SMILES string of the molecule is CCS(=O)(=O)CCNC(CO)Cc1ccccc1. The van der Waals surface area contributed by atoms with Gasteiger partial charge in [-0.05, 0) is 12.0 Å². The van der Waals surface area contributed by atoms with Crippen LogP contribution in [0.4, 0.5) is 0 Å². The minimum atomic E-state index is -2.94. The van der Waals surface area contributed by atoms with Gasteiger partial charge < -0.3 is 10.4 Å². The van der Waals surface area contributed by atoms with Crippen LogP contribution in [0, 0.1) is 0 Å². The van der Waals surface area contributed by atoms with Gasteiger partial charge in [0.1, 0.15) is 0 Å². The molecule has 0 heterocycles. The van der Waals surface area contributed by atoms with E-state index in [1.54, 1.807) is 6.92 Å². The molecule has 0 aromatic heterocycles. The fourth-order valence-electron chi connectivity index (χ4n) is 1.66. The van der Waals surface area contributed by atoms with E-state index in [0.29, 0.717) is 13.0 Å². The quantitative estimate of drug-likeness (QED) is 0.727. The van der Waals surface area contributed by atoms with Gasteiger partial charge in [0.2, 0.25) is 0 Å².